The Morgan fingerprint density at radius 3 is 2.76 bits per heavy atom. The maximum atomic E-state index is 11.3. The van der Waals surface area contributed by atoms with Crippen LogP contribution in [0.3, 0.4) is 0 Å². The van der Waals surface area contributed by atoms with Gasteiger partial charge >= 0.3 is 0 Å². The summed E-state index contributed by atoms with van der Waals surface area (Å²) in [5.74, 6) is 0.131. The average Bonchev–Trinajstić information content (AvgIpc) is 2.70. The largest absolute Gasteiger partial charge is 0.396 e. The Balaban J connectivity index is 1.99. The number of hydrogen-bond acceptors (Lipinski definition) is 3. The smallest absolute Gasteiger partial charge is 0.159 e. The molecule has 0 radical (unpaired) electrons. The Kier molecular flexibility index (Phi) is 3.92. The van der Waals surface area contributed by atoms with Gasteiger partial charge in [0.25, 0.3) is 0 Å². The summed E-state index contributed by atoms with van der Waals surface area (Å²) in [4.78, 5) is 13.7. The van der Waals surface area contributed by atoms with Gasteiger partial charge in [0.05, 0.1) is 0 Å². The molecule has 0 saturated carbocycles. The number of fused-ring (bicyclic) bond motifs is 1. The molecule has 1 aliphatic rings. The fourth-order valence-corrected chi connectivity index (χ4v) is 2.29. The van der Waals surface area contributed by atoms with Crippen LogP contribution in [0.15, 0.2) is 18.2 Å². The standard InChI is InChI=1S/C14H19NO2/c1-11(17)12-4-5-13-9-15(6-2-3-7-16)10-14(13)8-12/h4-5,8,16H,2-3,6-7,9-10H2,1H3. The Bertz CT molecular complexity index is 415. The van der Waals surface area contributed by atoms with Gasteiger partial charge in [0.2, 0.25) is 0 Å². The number of carbonyl (C=O) groups is 1. The molecule has 1 aliphatic heterocycles. The molecule has 0 bridgehead atoms. The van der Waals surface area contributed by atoms with E-state index < -0.39 is 0 Å². The first-order valence-corrected chi connectivity index (χ1v) is 6.16. The van der Waals surface area contributed by atoms with Crippen LogP contribution in [-0.4, -0.2) is 28.9 Å². The van der Waals surface area contributed by atoms with Crippen molar-refractivity contribution >= 4 is 5.78 Å². The Hall–Kier alpha value is -1.19. The zero-order valence-corrected chi connectivity index (χ0v) is 10.3. The van der Waals surface area contributed by atoms with E-state index in [2.05, 4.69) is 11.0 Å². The molecule has 3 heteroatoms. The number of aliphatic hydroxyl groups excluding tert-OH is 1. The normalized spacial score (nSPS) is 14.9. The first kappa shape index (κ1) is 12.3. The summed E-state index contributed by atoms with van der Waals surface area (Å²) in [5.41, 5.74) is 3.42. The summed E-state index contributed by atoms with van der Waals surface area (Å²) in [6.45, 7) is 4.80. The van der Waals surface area contributed by atoms with E-state index in [1.54, 1.807) is 6.92 Å². The summed E-state index contributed by atoms with van der Waals surface area (Å²) in [5, 5.41) is 8.76. The van der Waals surface area contributed by atoms with Crippen molar-refractivity contribution in [3.8, 4) is 0 Å². The van der Waals surface area contributed by atoms with Gasteiger partial charge in [0.1, 0.15) is 0 Å². The van der Waals surface area contributed by atoms with Gasteiger partial charge in [0.15, 0.2) is 5.78 Å². The maximum Gasteiger partial charge on any atom is 0.159 e. The third kappa shape index (κ3) is 2.93. The van der Waals surface area contributed by atoms with Gasteiger partial charge < -0.3 is 5.11 Å². The van der Waals surface area contributed by atoms with Crippen molar-refractivity contribution in [2.45, 2.75) is 32.9 Å². The van der Waals surface area contributed by atoms with Gasteiger partial charge in [-0.05, 0) is 43.5 Å². The van der Waals surface area contributed by atoms with E-state index in [4.69, 9.17) is 5.11 Å². The summed E-state index contributed by atoms with van der Waals surface area (Å²) < 4.78 is 0. The number of hydrogen-bond donors (Lipinski definition) is 1. The van der Waals surface area contributed by atoms with Crippen LogP contribution in [0.5, 0.6) is 0 Å². The van der Waals surface area contributed by atoms with Gasteiger partial charge in [-0.2, -0.15) is 0 Å². The van der Waals surface area contributed by atoms with Gasteiger partial charge in [-0.3, -0.25) is 9.69 Å². The molecule has 3 nitrogen and oxygen atoms in total. The highest BCUT2D eigenvalue weighted by Gasteiger charge is 2.18. The minimum Gasteiger partial charge on any atom is -0.396 e. The Morgan fingerprint density at radius 2 is 2.06 bits per heavy atom. The zero-order valence-electron chi connectivity index (χ0n) is 10.3. The van der Waals surface area contributed by atoms with Crippen molar-refractivity contribution in [1.29, 1.82) is 0 Å². The molecule has 0 spiro atoms. The highest BCUT2D eigenvalue weighted by atomic mass is 16.2. The van der Waals surface area contributed by atoms with Crippen molar-refractivity contribution in [3.63, 3.8) is 0 Å². The number of benzene rings is 1. The van der Waals surface area contributed by atoms with Gasteiger partial charge in [0, 0.05) is 25.3 Å². The van der Waals surface area contributed by atoms with Crippen LogP contribution in [0.25, 0.3) is 0 Å². The molecule has 92 valence electrons. The number of unbranched alkanes of at least 4 members (excludes halogenated alkanes) is 1. The van der Waals surface area contributed by atoms with Crippen LogP contribution in [-0.2, 0) is 13.1 Å². The molecular weight excluding hydrogens is 214 g/mol. The van der Waals surface area contributed by atoms with Crippen LogP contribution in [0.4, 0.5) is 0 Å². The maximum absolute atomic E-state index is 11.3. The van der Waals surface area contributed by atoms with Crippen LogP contribution in [0, 0.1) is 0 Å². The molecule has 0 atom stereocenters. The van der Waals surface area contributed by atoms with Crippen LogP contribution in [0.2, 0.25) is 0 Å². The molecule has 1 aromatic rings. The molecule has 0 fully saturated rings. The van der Waals surface area contributed by atoms with Gasteiger partial charge in [-0.15, -0.1) is 0 Å². The third-order valence-corrected chi connectivity index (χ3v) is 3.28. The lowest BCUT2D eigenvalue weighted by Crippen LogP contribution is -2.17. The lowest BCUT2D eigenvalue weighted by atomic mass is 10.0. The van der Waals surface area contributed by atoms with Crippen molar-refractivity contribution in [2.75, 3.05) is 13.2 Å². The van der Waals surface area contributed by atoms with Crippen LogP contribution >= 0.6 is 0 Å². The van der Waals surface area contributed by atoms with Gasteiger partial charge in [-0.25, -0.2) is 0 Å². The topological polar surface area (TPSA) is 40.5 Å². The number of ketones is 1. The number of rotatable bonds is 5. The van der Waals surface area contributed by atoms with Crippen molar-refractivity contribution in [1.82, 2.24) is 4.90 Å². The molecule has 1 heterocycles. The monoisotopic (exact) mass is 233 g/mol. The van der Waals surface area contributed by atoms with Crippen molar-refractivity contribution < 1.29 is 9.90 Å². The molecular formula is C14H19NO2. The summed E-state index contributed by atoms with van der Waals surface area (Å²) in [6.07, 6.45) is 1.90. The van der Waals surface area contributed by atoms with Gasteiger partial charge in [-0.1, -0.05) is 12.1 Å². The van der Waals surface area contributed by atoms with Crippen molar-refractivity contribution in [3.05, 3.63) is 34.9 Å². The molecule has 1 N–H and O–H groups in total. The third-order valence-electron chi connectivity index (χ3n) is 3.28. The first-order valence-electron chi connectivity index (χ1n) is 6.16. The number of Topliss-reactive ketones (excluding diaryl/α,β-unsaturated/α-hetero) is 1. The van der Waals surface area contributed by atoms with E-state index in [1.807, 2.05) is 12.1 Å². The first-order chi connectivity index (χ1) is 8.20. The predicted octanol–water partition coefficient (Wildman–Crippen LogP) is 1.98. The summed E-state index contributed by atoms with van der Waals surface area (Å²) in [6, 6.07) is 6.00. The SMILES string of the molecule is CC(=O)c1ccc2c(c1)CN(CCCCO)C2. The quantitative estimate of drug-likeness (QED) is 0.624. The van der Waals surface area contributed by atoms with E-state index in [-0.39, 0.29) is 12.4 Å². The Morgan fingerprint density at radius 1 is 1.29 bits per heavy atom. The highest BCUT2D eigenvalue weighted by Crippen LogP contribution is 2.24. The van der Waals surface area contributed by atoms with E-state index >= 15 is 0 Å². The molecule has 0 saturated heterocycles. The second-order valence-corrected chi connectivity index (χ2v) is 4.68. The average molecular weight is 233 g/mol. The summed E-state index contributed by atoms with van der Waals surface area (Å²) >= 11 is 0. The molecule has 0 aromatic heterocycles. The lowest BCUT2D eigenvalue weighted by Gasteiger charge is -2.13. The minimum atomic E-state index is 0.131. The van der Waals surface area contributed by atoms with E-state index in [0.29, 0.717) is 0 Å². The minimum absolute atomic E-state index is 0.131. The molecule has 0 aliphatic carbocycles. The molecule has 2 rings (SSSR count). The lowest BCUT2D eigenvalue weighted by molar-refractivity contribution is 0.101. The number of nitrogens with zero attached hydrogens (tertiary/aromatic N) is 1. The van der Waals surface area contributed by atoms with Crippen LogP contribution < -0.4 is 0 Å². The second-order valence-electron chi connectivity index (χ2n) is 4.68. The molecule has 0 unspecified atom stereocenters. The van der Waals surface area contributed by atoms with E-state index in [9.17, 15) is 4.79 Å². The second kappa shape index (κ2) is 5.43. The number of carbonyl (C=O) groups excluding carboxylic acids is 1. The molecule has 17 heavy (non-hydrogen) atoms. The Labute approximate surface area is 102 Å². The fourth-order valence-electron chi connectivity index (χ4n) is 2.29. The zero-order chi connectivity index (χ0) is 12.3. The predicted molar refractivity (Wildman–Crippen MR) is 66.9 cm³/mol. The summed E-state index contributed by atoms with van der Waals surface area (Å²) in [7, 11) is 0. The fraction of sp³-hybridized carbons (Fsp3) is 0.500. The molecule has 1 aromatic carbocycles. The van der Waals surface area contributed by atoms with E-state index in [1.165, 1.54) is 11.1 Å². The van der Waals surface area contributed by atoms with Crippen LogP contribution in [0.1, 0.15) is 41.3 Å². The van der Waals surface area contributed by atoms with Crippen molar-refractivity contribution in [2.24, 2.45) is 0 Å². The number of aliphatic hydroxyl groups is 1. The highest BCUT2D eigenvalue weighted by molar-refractivity contribution is 5.94. The molecule has 0 amide bonds. The van der Waals surface area contributed by atoms with E-state index in [0.717, 1.165) is 38.0 Å².